The van der Waals surface area contributed by atoms with E-state index in [0.717, 1.165) is 43.6 Å². The average molecular weight is 670 g/mol. The monoisotopic (exact) mass is 669 g/mol. The fraction of sp³-hybridized carbons (Fsp3) is 0.438. The number of nitrogen functional groups attached to an aromatic ring is 1. The Bertz CT molecular complexity index is 1920. The van der Waals surface area contributed by atoms with E-state index in [0.29, 0.717) is 37.3 Å². The normalized spacial score (nSPS) is 23.2. The number of thiazole rings is 1. The summed E-state index contributed by atoms with van der Waals surface area (Å²) in [6.45, 7) is 5.86. The summed E-state index contributed by atoms with van der Waals surface area (Å²) in [6, 6.07) is 4.35. The predicted molar refractivity (Wildman–Crippen MR) is 172 cm³/mol. The van der Waals surface area contributed by atoms with Gasteiger partial charge in [0.15, 0.2) is 10.9 Å². The number of nitrogens with zero attached hydrogens (tertiary/aromatic N) is 6. The number of halogens is 4. The third-order valence-electron chi connectivity index (χ3n) is 9.78. The van der Waals surface area contributed by atoms with E-state index in [1.807, 2.05) is 0 Å². The first-order valence-corrected chi connectivity index (χ1v) is 16.6. The van der Waals surface area contributed by atoms with Crippen molar-refractivity contribution >= 4 is 60.9 Å². The number of carbonyl (C=O) groups excluding carboxylic acids is 1. The summed E-state index contributed by atoms with van der Waals surface area (Å²) in [6.07, 6.45) is 4.29. The van der Waals surface area contributed by atoms with Crippen molar-refractivity contribution in [3.63, 3.8) is 0 Å². The van der Waals surface area contributed by atoms with Gasteiger partial charge in [0.1, 0.15) is 29.9 Å². The standard InChI is InChI=1S/C32H31ClF3N7O2S/c1-2-23(44)41-13-18(14-41)43(17-4-5-17)29-20-10-21(33)24(19-6-7-22(35)28-27(19)38-30(37)46-28)25(36)26(20)39-31(40-29)45-15-32-8-3-9-42(32)12-16(34)11-32/h2,6-7,10,16-18H,1,3-5,8-9,11-15H2,(H2,37,38). The van der Waals surface area contributed by atoms with Gasteiger partial charge in [-0.2, -0.15) is 9.97 Å². The van der Waals surface area contributed by atoms with E-state index in [4.69, 9.17) is 27.1 Å². The highest BCUT2D eigenvalue weighted by atomic mass is 35.5. The van der Waals surface area contributed by atoms with Gasteiger partial charge in [0, 0.05) is 48.6 Å². The number of hydrogen-bond acceptors (Lipinski definition) is 9. The molecule has 8 rings (SSSR count). The third-order valence-corrected chi connectivity index (χ3v) is 11.0. The number of hydrogen-bond donors (Lipinski definition) is 1. The maximum atomic E-state index is 16.9. The Morgan fingerprint density at radius 2 is 2.00 bits per heavy atom. The minimum absolute atomic E-state index is 0.0142. The molecule has 240 valence electrons. The molecular weight excluding hydrogens is 639 g/mol. The minimum atomic E-state index is -0.934. The fourth-order valence-electron chi connectivity index (χ4n) is 7.45. The number of likely N-dealkylation sites (tertiary alicyclic amines) is 1. The second-order valence-corrected chi connectivity index (χ2v) is 14.1. The molecule has 4 aliphatic rings. The van der Waals surface area contributed by atoms with E-state index in [9.17, 15) is 13.6 Å². The van der Waals surface area contributed by atoms with Crippen LogP contribution in [0.1, 0.15) is 32.1 Å². The Hall–Kier alpha value is -3.68. The lowest BCUT2D eigenvalue weighted by atomic mass is 9.95. The molecule has 2 aromatic carbocycles. The number of ether oxygens (including phenoxy) is 1. The van der Waals surface area contributed by atoms with Crippen LogP contribution in [0.5, 0.6) is 6.01 Å². The molecule has 1 amide bonds. The van der Waals surface area contributed by atoms with Gasteiger partial charge >= 0.3 is 6.01 Å². The van der Waals surface area contributed by atoms with E-state index >= 15 is 4.39 Å². The molecule has 0 spiro atoms. The molecule has 2 atom stereocenters. The highest BCUT2D eigenvalue weighted by molar-refractivity contribution is 7.22. The number of nitrogens with two attached hydrogens (primary N) is 1. The summed E-state index contributed by atoms with van der Waals surface area (Å²) >= 11 is 7.81. The molecule has 14 heteroatoms. The molecule has 0 radical (unpaired) electrons. The number of anilines is 2. The summed E-state index contributed by atoms with van der Waals surface area (Å²) in [4.78, 5) is 31.9. The Morgan fingerprint density at radius 3 is 2.76 bits per heavy atom. The SMILES string of the molecule is C=CC(=O)N1CC(N(c2nc(OCC34CCCN3CC(F)C4)nc3c(F)c(-c4ccc(F)c5sc(N)nc45)c(Cl)cc23)C2CC2)C1. The highest BCUT2D eigenvalue weighted by Gasteiger charge is 2.49. The van der Waals surface area contributed by atoms with Crippen molar-refractivity contribution in [1.29, 1.82) is 0 Å². The topological polar surface area (TPSA) is 101 Å². The number of amides is 1. The summed E-state index contributed by atoms with van der Waals surface area (Å²) in [5, 5.41) is 0.614. The van der Waals surface area contributed by atoms with E-state index in [1.165, 1.54) is 18.2 Å². The Balaban J connectivity index is 1.26. The molecule has 3 saturated heterocycles. The van der Waals surface area contributed by atoms with Crippen LogP contribution in [-0.4, -0.2) is 87.2 Å². The van der Waals surface area contributed by atoms with Crippen molar-refractivity contribution in [1.82, 2.24) is 24.8 Å². The smallest absolute Gasteiger partial charge is 0.319 e. The Labute approximate surface area is 271 Å². The molecule has 2 aromatic heterocycles. The van der Waals surface area contributed by atoms with Crippen molar-refractivity contribution in [2.75, 3.05) is 43.4 Å². The molecule has 0 bridgehead atoms. The first kappa shape index (κ1) is 29.7. The molecule has 3 aliphatic heterocycles. The van der Waals surface area contributed by atoms with Crippen molar-refractivity contribution < 1.29 is 22.7 Å². The summed E-state index contributed by atoms with van der Waals surface area (Å²) < 4.78 is 52.5. The van der Waals surface area contributed by atoms with Crippen LogP contribution in [0.3, 0.4) is 0 Å². The van der Waals surface area contributed by atoms with Gasteiger partial charge in [-0.05, 0) is 56.5 Å². The van der Waals surface area contributed by atoms with E-state index < -0.39 is 23.3 Å². The van der Waals surface area contributed by atoms with Gasteiger partial charge in [-0.15, -0.1) is 0 Å². The van der Waals surface area contributed by atoms with Gasteiger partial charge in [0.2, 0.25) is 5.91 Å². The molecule has 4 fully saturated rings. The number of alkyl halides is 1. The lowest BCUT2D eigenvalue weighted by molar-refractivity contribution is -0.130. The predicted octanol–water partition coefficient (Wildman–Crippen LogP) is 5.74. The van der Waals surface area contributed by atoms with Gasteiger partial charge in [0.25, 0.3) is 0 Å². The van der Waals surface area contributed by atoms with E-state index in [2.05, 4.69) is 26.3 Å². The van der Waals surface area contributed by atoms with Crippen LogP contribution in [0.4, 0.5) is 24.1 Å². The van der Waals surface area contributed by atoms with Crippen molar-refractivity contribution in [2.24, 2.45) is 0 Å². The summed E-state index contributed by atoms with van der Waals surface area (Å²) in [5.74, 6) is -0.937. The highest BCUT2D eigenvalue weighted by Crippen LogP contribution is 2.46. The molecule has 9 nitrogen and oxygen atoms in total. The lowest BCUT2D eigenvalue weighted by Gasteiger charge is -2.46. The summed E-state index contributed by atoms with van der Waals surface area (Å²) in [7, 11) is 0. The Morgan fingerprint density at radius 1 is 1.20 bits per heavy atom. The van der Waals surface area contributed by atoms with E-state index in [1.54, 1.807) is 11.0 Å². The van der Waals surface area contributed by atoms with Crippen LogP contribution in [0.2, 0.25) is 5.02 Å². The molecule has 46 heavy (non-hydrogen) atoms. The largest absolute Gasteiger partial charge is 0.461 e. The Kier molecular flexibility index (Phi) is 7.07. The van der Waals surface area contributed by atoms with Crippen molar-refractivity contribution in [2.45, 2.75) is 55.9 Å². The quantitative estimate of drug-likeness (QED) is 0.237. The van der Waals surface area contributed by atoms with Crippen LogP contribution in [-0.2, 0) is 4.79 Å². The van der Waals surface area contributed by atoms with Gasteiger partial charge in [0.05, 0.1) is 26.8 Å². The summed E-state index contributed by atoms with van der Waals surface area (Å²) in [5.41, 5.74) is 5.94. The van der Waals surface area contributed by atoms with Gasteiger partial charge < -0.3 is 20.3 Å². The molecular formula is C32H31ClF3N7O2S. The first-order valence-electron chi connectivity index (χ1n) is 15.4. The van der Waals surface area contributed by atoms with Gasteiger partial charge in [-0.25, -0.2) is 18.2 Å². The zero-order valence-corrected chi connectivity index (χ0v) is 26.4. The number of fused-ring (bicyclic) bond motifs is 3. The molecule has 1 saturated carbocycles. The number of benzene rings is 2. The van der Waals surface area contributed by atoms with Crippen LogP contribution in [0.15, 0.2) is 30.9 Å². The molecule has 1 aliphatic carbocycles. The number of rotatable bonds is 8. The maximum Gasteiger partial charge on any atom is 0.319 e. The molecule has 4 aromatic rings. The van der Waals surface area contributed by atoms with Crippen molar-refractivity contribution in [3.8, 4) is 17.1 Å². The molecule has 2 N–H and O–H groups in total. The maximum absolute atomic E-state index is 16.9. The minimum Gasteiger partial charge on any atom is -0.461 e. The molecule has 2 unspecified atom stereocenters. The van der Waals surface area contributed by atoms with Crippen LogP contribution in [0.25, 0.3) is 32.2 Å². The average Bonchev–Trinajstić information content (AvgIpc) is 3.53. The van der Waals surface area contributed by atoms with Crippen molar-refractivity contribution in [3.05, 3.63) is 47.5 Å². The van der Waals surface area contributed by atoms with Crippen LogP contribution in [0, 0.1) is 11.6 Å². The second kappa shape index (κ2) is 11.0. The van der Waals surface area contributed by atoms with Gasteiger partial charge in [-0.3, -0.25) is 9.69 Å². The zero-order valence-electron chi connectivity index (χ0n) is 24.8. The third kappa shape index (κ3) is 4.77. The molecule has 5 heterocycles. The first-order chi connectivity index (χ1) is 22.2. The number of carbonyl (C=O) groups is 1. The van der Waals surface area contributed by atoms with Crippen LogP contribution < -0.4 is 15.4 Å². The number of aromatic nitrogens is 3. The van der Waals surface area contributed by atoms with E-state index in [-0.39, 0.29) is 67.6 Å². The fourth-order valence-corrected chi connectivity index (χ4v) is 8.50. The lowest BCUT2D eigenvalue weighted by Crippen LogP contribution is -2.61. The van der Waals surface area contributed by atoms with Crippen LogP contribution >= 0.6 is 22.9 Å². The zero-order chi connectivity index (χ0) is 31.9. The van der Waals surface area contributed by atoms with Gasteiger partial charge in [-0.1, -0.05) is 29.5 Å². The second-order valence-electron chi connectivity index (χ2n) is 12.7.